The van der Waals surface area contributed by atoms with Crippen LogP contribution in [0.2, 0.25) is 0 Å². The standard InChI is InChI=1S/C33H69N/c1-6-10-12-14-15-16-17-18-19-20-21-22-23-24-26-28-31-34(32(5)9-4)33(29-8-3)30-27-25-13-11-7-2/h32-33H,6-31H2,1-5H3. The van der Waals surface area contributed by atoms with E-state index in [0.717, 1.165) is 12.1 Å². The van der Waals surface area contributed by atoms with Crippen molar-refractivity contribution in [3.8, 4) is 0 Å². The van der Waals surface area contributed by atoms with Crippen molar-refractivity contribution in [2.75, 3.05) is 6.54 Å². The number of unbranched alkanes of at least 4 members (excludes halogenated alkanes) is 19. The van der Waals surface area contributed by atoms with E-state index in [1.165, 1.54) is 167 Å². The van der Waals surface area contributed by atoms with Gasteiger partial charge in [0, 0.05) is 12.1 Å². The van der Waals surface area contributed by atoms with Crippen LogP contribution in [-0.2, 0) is 0 Å². The molecular weight excluding hydrogens is 410 g/mol. The Bertz CT molecular complexity index is 366. The zero-order chi connectivity index (χ0) is 25.1. The van der Waals surface area contributed by atoms with Crippen molar-refractivity contribution in [3.63, 3.8) is 0 Å². The molecule has 0 spiro atoms. The van der Waals surface area contributed by atoms with Crippen LogP contribution in [-0.4, -0.2) is 23.5 Å². The highest BCUT2D eigenvalue weighted by Crippen LogP contribution is 2.21. The molecule has 206 valence electrons. The van der Waals surface area contributed by atoms with Crippen LogP contribution in [0, 0.1) is 0 Å². The first-order chi connectivity index (χ1) is 16.7. The Hall–Kier alpha value is -0.0400. The summed E-state index contributed by atoms with van der Waals surface area (Å²) in [5.41, 5.74) is 0. The van der Waals surface area contributed by atoms with Gasteiger partial charge in [0.05, 0.1) is 0 Å². The molecule has 0 radical (unpaired) electrons. The van der Waals surface area contributed by atoms with Crippen molar-refractivity contribution in [2.45, 2.75) is 207 Å². The Morgan fingerprint density at radius 3 is 1.18 bits per heavy atom. The molecule has 0 saturated heterocycles. The predicted molar refractivity (Wildman–Crippen MR) is 158 cm³/mol. The Morgan fingerprint density at radius 2 is 0.794 bits per heavy atom. The summed E-state index contributed by atoms with van der Waals surface area (Å²) in [5, 5.41) is 0. The lowest BCUT2D eigenvalue weighted by molar-refractivity contribution is 0.119. The van der Waals surface area contributed by atoms with E-state index in [1.54, 1.807) is 0 Å². The van der Waals surface area contributed by atoms with E-state index in [4.69, 9.17) is 0 Å². The maximum atomic E-state index is 2.91. The minimum Gasteiger partial charge on any atom is -0.298 e. The van der Waals surface area contributed by atoms with Crippen molar-refractivity contribution >= 4 is 0 Å². The second-order valence-electron chi connectivity index (χ2n) is 11.4. The molecule has 0 N–H and O–H groups in total. The summed E-state index contributed by atoms with van der Waals surface area (Å²) in [6, 6.07) is 1.58. The molecular formula is C33H69N. The van der Waals surface area contributed by atoms with Crippen LogP contribution in [0.15, 0.2) is 0 Å². The average molecular weight is 480 g/mol. The third-order valence-corrected chi connectivity index (χ3v) is 8.16. The first kappa shape index (κ1) is 34.0. The Labute approximate surface area is 218 Å². The summed E-state index contributed by atoms with van der Waals surface area (Å²) >= 11 is 0. The molecule has 0 aromatic rings. The molecule has 0 bridgehead atoms. The highest BCUT2D eigenvalue weighted by Gasteiger charge is 2.21. The van der Waals surface area contributed by atoms with Crippen LogP contribution in [0.25, 0.3) is 0 Å². The topological polar surface area (TPSA) is 3.24 Å². The molecule has 0 aliphatic rings. The van der Waals surface area contributed by atoms with Gasteiger partial charge in [0.1, 0.15) is 0 Å². The zero-order valence-electron chi connectivity index (χ0n) is 25.0. The molecule has 0 rings (SSSR count). The summed E-state index contributed by atoms with van der Waals surface area (Å²) in [6.45, 7) is 13.2. The third kappa shape index (κ3) is 21.3. The van der Waals surface area contributed by atoms with Crippen LogP contribution >= 0.6 is 0 Å². The van der Waals surface area contributed by atoms with Gasteiger partial charge < -0.3 is 0 Å². The van der Waals surface area contributed by atoms with Crippen molar-refractivity contribution in [1.82, 2.24) is 4.90 Å². The van der Waals surface area contributed by atoms with E-state index >= 15 is 0 Å². The molecule has 0 saturated carbocycles. The lowest BCUT2D eigenvalue weighted by Gasteiger charge is -2.36. The van der Waals surface area contributed by atoms with Crippen LogP contribution in [0.4, 0.5) is 0 Å². The van der Waals surface area contributed by atoms with E-state index in [2.05, 4.69) is 39.5 Å². The summed E-state index contributed by atoms with van der Waals surface area (Å²) < 4.78 is 0. The van der Waals surface area contributed by atoms with E-state index in [1.807, 2.05) is 0 Å². The van der Waals surface area contributed by atoms with Crippen molar-refractivity contribution in [1.29, 1.82) is 0 Å². The van der Waals surface area contributed by atoms with Gasteiger partial charge in [0.15, 0.2) is 0 Å². The van der Waals surface area contributed by atoms with Gasteiger partial charge in [0.25, 0.3) is 0 Å². The molecule has 0 aromatic heterocycles. The normalized spacial score (nSPS) is 13.6. The van der Waals surface area contributed by atoms with Crippen LogP contribution in [0.5, 0.6) is 0 Å². The number of rotatable bonds is 28. The summed E-state index contributed by atoms with van der Waals surface area (Å²) in [5.74, 6) is 0. The van der Waals surface area contributed by atoms with E-state index < -0.39 is 0 Å². The fraction of sp³-hybridized carbons (Fsp3) is 1.00. The maximum Gasteiger partial charge on any atom is 0.00979 e. The molecule has 34 heavy (non-hydrogen) atoms. The molecule has 1 heteroatoms. The van der Waals surface area contributed by atoms with Crippen molar-refractivity contribution in [2.24, 2.45) is 0 Å². The first-order valence-electron chi connectivity index (χ1n) is 16.5. The zero-order valence-corrected chi connectivity index (χ0v) is 25.0. The van der Waals surface area contributed by atoms with Gasteiger partial charge in [-0.1, -0.05) is 163 Å². The second kappa shape index (κ2) is 27.5. The van der Waals surface area contributed by atoms with Gasteiger partial charge in [-0.05, 0) is 39.2 Å². The third-order valence-electron chi connectivity index (χ3n) is 8.16. The van der Waals surface area contributed by atoms with Crippen LogP contribution < -0.4 is 0 Å². The molecule has 0 aliphatic carbocycles. The average Bonchev–Trinajstić information content (AvgIpc) is 2.85. The van der Waals surface area contributed by atoms with Gasteiger partial charge in [-0.15, -0.1) is 0 Å². The molecule has 0 amide bonds. The van der Waals surface area contributed by atoms with Crippen molar-refractivity contribution in [3.05, 3.63) is 0 Å². The molecule has 0 fully saturated rings. The molecule has 1 nitrogen and oxygen atoms in total. The quantitative estimate of drug-likeness (QED) is 0.101. The fourth-order valence-corrected chi connectivity index (χ4v) is 5.63. The molecule has 0 heterocycles. The monoisotopic (exact) mass is 480 g/mol. The lowest BCUT2D eigenvalue weighted by atomic mass is 9.98. The highest BCUT2D eigenvalue weighted by atomic mass is 15.2. The number of hydrogen-bond donors (Lipinski definition) is 0. The van der Waals surface area contributed by atoms with Gasteiger partial charge in [0.2, 0.25) is 0 Å². The minimum atomic E-state index is 0.753. The van der Waals surface area contributed by atoms with E-state index in [-0.39, 0.29) is 0 Å². The Balaban J connectivity index is 3.82. The highest BCUT2D eigenvalue weighted by molar-refractivity contribution is 4.76. The summed E-state index contributed by atoms with van der Waals surface area (Å²) in [6.07, 6.45) is 36.0. The molecule has 0 aliphatic heterocycles. The fourth-order valence-electron chi connectivity index (χ4n) is 5.63. The number of nitrogens with zero attached hydrogens (tertiary/aromatic N) is 1. The second-order valence-corrected chi connectivity index (χ2v) is 11.4. The van der Waals surface area contributed by atoms with Crippen LogP contribution in [0.3, 0.4) is 0 Å². The van der Waals surface area contributed by atoms with Gasteiger partial charge in [-0.25, -0.2) is 0 Å². The first-order valence-corrected chi connectivity index (χ1v) is 16.5. The molecule has 0 aromatic carbocycles. The van der Waals surface area contributed by atoms with Crippen molar-refractivity contribution < 1.29 is 0 Å². The van der Waals surface area contributed by atoms with Gasteiger partial charge in [-0.3, -0.25) is 4.90 Å². The minimum absolute atomic E-state index is 0.753. The molecule has 2 unspecified atom stereocenters. The Kier molecular flexibility index (Phi) is 27.5. The Morgan fingerprint density at radius 1 is 0.412 bits per heavy atom. The lowest BCUT2D eigenvalue weighted by Crippen LogP contribution is -2.42. The summed E-state index contributed by atoms with van der Waals surface area (Å²) in [7, 11) is 0. The van der Waals surface area contributed by atoms with E-state index in [9.17, 15) is 0 Å². The molecule has 2 atom stereocenters. The van der Waals surface area contributed by atoms with E-state index in [0.29, 0.717) is 0 Å². The van der Waals surface area contributed by atoms with Crippen LogP contribution in [0.1, 0.15) is 195 Å². The summed E-state index contributed by atoms with van der Waals surface area (Å²) in [4.78, 5) is 2.91. The smallest absolute Gasteiger partial charge is 0.00979 e. The SMILES string of the molecule is CCCCCCCCCCCCCCCCCCN(C(C)CC)C(CCC)CCCCCCC. The largest absolute Gasteiger partial charge is 0.298 e. The predicted octanol–water partition coefficient (Wildman–Crippen LogP) is 11.9. The maximum absolute atomic E-state index is 2.91. The van der Waals surface area contributed by atoms with Gasteiger partial charge in [-0.2, -0.15) is 0 Å². The van der Waals surface area contributed by atoms with Gasteiger partial charge >= 0.3 is 0 Å². The number of hydrogen-bond acceptors (Lipinski definition) is 1.